The van der Waals surface area contributed by atoms with Crippen LogP contribution in [0.2, 0.25) is 0 Å². The number of para-hydroxylation sites is 1. The first kappa shape index (κ1) is 24.7. The van der Waals surface area contributed by atoms with E-state index >= 15 is 0 Å². The van der Waals surface area contributed by atoms with Gasteiger partial charge in [0.05, 0.1) is 16.2 Å². The second-order valence-electron chi connectivity index (χ2n) is 9.55. The van der Waals surface area contributed by atoms with Crippen molar-refractivity contribution in [2.45, 2.75) is 37.0 Å². The maximum Gasteiger partial charge on any atom is 0.410 e. The van der Waals surface area contributed by atoms with Crippen molar-refractivity contribution in [2.75, 3.05) is 26.2 Å². The topological polar surface area (TPSA) is 96.9 Å². The summed E-state index contributed by atoms with van der Waals surface area (Å²) in [4.78, 5) is 32.9. The summed E-state index contributed by atoms with van der Waals surface area (Å²) in [6, 6.07) is 15.3. The van der Waals surface area contributed by atoms with Crippen LogP contribution < -0.4 is 0 Å². The molecule has 4 rings (SSSR count). The minimum atomic E-state index is -3.63. The fraction of sp³-hybridized carbons (Fsp3) is 0.346. The van der Waals surface area contributed by atoms with E-state index in [1.165, 1.54) is 0 Å². The Balaban J connectivity index is 1.40. The molecular weight excluding hydrogens is 466 g/mol. The third kappa shape index (κ3) is 5.79. The average Bonchev–Trinajstić information content (AvgIpc) is 2.82. The normalized spacial score (nSPS) is 14.7. The second kappa shape index (κ2) is 9.65. The highest BCUT2D eigenvalue weighted by Crippen LogP contribution is 2.24. The first-order valence-electron chi connectivity index (χ1n) is 11.5. The molecule has 0 bridgehead atoms. The van der Waals surface area contributed by atoms with Gasteiger partial charge in [-0.15, -0.1) is 0 Å². The van der Waals surface area contributed by atoms with Crippen LogP contribution in [0.1, 0.15) is 36.7 Å². The van der Waals surface area contributed by atoms with Gasteiger partial charge < -0.3 is 14.5 Å². The molecule has 184 valence electrons. The number of aromatic nitrogens is 1. The Labute approximate surface area is 205 Å². The quantitative estimate of drug-likeness (QED) is 0.545. The number of benzene rings is 2. The van der Waals surface area contributed by atoms with Crippen molar-refractivity contribution in [1.29, 1.82) is 0 Å². The highest BCUT2D eigenvalue weighted by atomic mass is 32.2. The summed E-state index contributed by atoms with van der Waals surface area (Å²) in [5.41, 5.74) is 0.948. The number of pyridine rings is 1. The van der Waals surface area contributed by atoms with Crippen LogP contribution >= 0.6 is 0 Å². The van der Waals surface area contributed by atoms with Gasteiger partial charge in [0.15, 0.2) is 9.84 Å². The maximum absolute atomic E-state index is 13.1. The van der Waals surface area contributed by atoms with Crippen molar-refractivity contribution in [3.8, 4) is 0 Å². The van der Waals surface area contributed by atoms with Crippen LogP contribution in [0.25, 0.3) is 10.9 Å². The average molecular weight is 496 g/mol. The molecule has 1 saturated heterocycles. The number of sulfone groups is 1. The highest BCUT2D eigenvalue weighted by Gasteiger charge is 2.28. The first-order valence-corrected chi connectivity index (χ1v) is 13.1. The van der Waals surface area contributed by atoms with Crippen LogP contribution in [-0.4, -0.2) is 67.0 Å². The van der Waals surface area contributed by atoms with E-state index in [9.17, 15) is 18.0 Å². The molecule has 2 heterocycles. The van der Waals surface area contributed by atoms with Gasteiger partial charge in [-0.2, -0.15) is 0 Å². The van der Waals surface area contributed by atoms with Gasteiger partial charge in [0.1, 0.15) is 5.60 Å². The largest absolute Gasteiger partial charge is 0.444 e. The third-order valence-electron chi connectivity index (χ3n) is 5.71. The molecule has 2 amide bonds. The number of carbonyl (C=O) groups is 2. The van der Waals surface area contributed by atoms with Crippen molar-refractivity contribution in [3.63, 3.8) is 0 Å². The summed E-state index contributed by atoms with van der Waals surface area (Å²) in [5, 5.41) is 0.765. The lowest BCUT2D eigenvalue weighted by Crippen LogP contribution is -2.51. The second-order valence-corrected chi connectivity index (χ2v) is 11.5. The van der Waals surface area contributed by atoms with Gasteiger partial charge in [-0.1, -0.05) is 30.3 Å². The van der Waals surface area contributed by atoms with Crippen molar-refractivity contribution in [1.82, 2.24) is 14.8 Å². The lowest BCUT2D eigenvalue weighted by Gasteiger charge is -2.35. The van der Waals surface area contributed by atoms with E-state index in [0.717, 1.165) is 5.39 Å². The number of fused-ring (bicyclic) bond motifs is 1. The summed E-state index contributed by atoms with van der Waals surface area (Å²) in [6.45, 7) is 7.06. The van der Waals surface area contributed by atoms with Gasteiger partial charge >= 0.3 is 6.09 Å². The number of hydrogen-bond donors (Lipinski definition) is 0. The van der Waals surface area contributed by atoms with Crippen molar-refractivity contribution < 1.29 is 22.7 Å². The van der Waals surface area contributed by atoms with E-state index in [1.807, 2.05) is 32.9 Å². The fourth-order valence-electron chi connectivity index (χ4n) is 3.97. The van der Waals surface area contributed by atoms with Gasteiger partial charge in [0.2, 0.25) is 0 Å². The van der Waals surface area contributed by atoms with E-state index in [0.29, 0.717) is 42.8 Å². The minimum Gasteiger partial charge on any atom is -0.444 e. The molecule has 8 nitrogen and oxygen atoms in total. The fourth-order valence-corrected chi connectivity index (χ4v) is 5.51. The number of rotatable bonds is 4. The smallest absolute Gasteiger partial charge is 0.410 e. The van der Waals surface area contributed by atoms with Crippen molar-refractivity contribution >= 4 is 32.7 Å². The molecular formula is C26H29N3O5S. The molecule has 35 heavy (non-hydrogen) atoms. The van der Waals surface area contributed by atoms with Crippen molar-refractivity contribution in [2.24, 2.45) is 0 Å². The van der Waals surface area contributed by atoms with Gasteiger partial charge in [-0.05, 0) is 50.6 Å². The van der Waals surface area contributed by atoms with Gasteiger partial charge in [0.25, 0.3) is 5.91 Å². The maximum atomic E-state index is 13.1. The summed E-state index contributed by atoms with van der Waals surface area (Å²) >= 11 is 0. The molecule has 0 spiro atoms. The van der Waals surface area contributed by atoms with E-state index in [1.54, 1.807) is 58.5 Å². The number of carbonyl (C=O) groups excluding carboxylic acids is 2. The third-order valence-corrected chi connectivity index (χ3v) is 7.42. The lowest BCUT2D eigenvalue weighted by molar-refractivity contribution is 0.0141. The van der Waals surface area contributed by atoms with Crippen LogP contribution in [0, 0.1) is 0 Å². The minimum absolute atomic E-state index is 0.151. The zero-order valence-corrected chi connectivity index (χ0v) is 20.9. The zero-order valence-electron chi connectivity index (χ0n) is 20.1. The van der Waals surface area contributed by atoms with Crippen LogP contribution in [0.4, 0.5) is 4.79 Å². The summed E-state index contributed by atoms with van der Waals surface area (Å²) < 4.78 is 31.6. The molecule has 0 saturated carbocycles. The molecule has 2 aromatic carbocycles. The lowest BCUT2D eigenvalue weighted by atomic mass is 10.1. The molecule has 0 aliphatic carbocycles. The van der Waals surface area contributed by atoms with Crippen LogP contribution in [-0.2, 0) is 20.3 Å². The Morgan fingerprint density at radius 1 is 0.914 bits per heavy atom. The number of hydrogen-bond acceptors (Lipinski definition) is 6. The van der Waals surface area contributed by atoms with E-state index in [-0.39, 0.29) is 22.6 Å². The number of ether oxygens (including phenoxy) is 1. The summed E-state index contributed by atoms with van der Waals surface area (Å²) in [7, 11) is -3.63. The van der Waals surface area contributed by atoms with E-state index in [4.69, 9.17) is 4.74 Å². The molecule has 1 fully saturated rings. The van der Waals surface area contributed by atoms with Gasteiger partial charge in [0, 0.05) is 43.3 Å². The van der Waals surface area contributed by atoms with Gasteiger partial charge in [-0.25, -0.2) is 13.2 Å². The molecule has 0 radical (unpaired) electrons. The monoisotopic (exact) mass is 495 g/mol. The molecule has 0 unspecified atom stereocenters. The van der Waals surface area contributed by atoms with Crippen LogP contribution in [0.15, 0.2) is 65.7 Å². The molecule has 9 heteroatoms. The Morgan fingerprint density at radius 2 is 1.54 bits per heavy atom. The number of piperazine rings is 1. The molecule has 0 atom stereocenters. The number of amides is 2. The number of nitrogens with zero attached hydrogens (tertiary/aromatic N) is 3. The molecule has 1 aromatic heterocycles. The molecule has 3 aromatic rings. The predicted molar refractivity (Wildman–Crippen MR) is 133 cm³/mol. The molecule has 1 aliphatic rings. The highest BCUT2D eigenvalue weighted by molar-refractivity contribution is 7.90. The Bertz CT molecular complexity index is 1330. The molecule has 1 aliphatic heterocycles. The first-order chi connectivity index (χ1) is 16.5. The van der Waals surface area contributed by atoms with Crippen LogP contribution in [0.5, 0.6) is 0 Å². The Kier molecular flexibility index (Phi) is 6.80. The van der Waals surface area contributed by atoms with Crippen LogP contribution in [0.3, 0.4) is 0 Å². The predicted octanol–water partition coefficient (Wildman–Crippen LogP) is 3.90. The summed E-state index contributed by atoms with van der Waals surface area (Å²) in [6.07, 6.45) is 1.20. The van der Waals surface area contributed by atoms with E-state index in [2.05, 4.69) is 4.98 Å². The van der Waals surface area contributed by atoms with Crippen molar-refractivity contribution in [3.05, 3.63) is 71.9 Å². The summed E-state index contributed by atoms with van der Waals surface area (Å²) in [5.74, 6) is -0.340. The standard InChI is InChI=1S/C26H29N3O5S/c1-26(2,3)34-25(31)29-16-14-28(15-17-29)24(30)21-11-9-19(10-12-21)18-35(32,33)22-8-4-6-20-7-5-13-27-23(20)22/h4-13H,14-18H2,1-3H3. The Morgan fingerprint density at radius 3 is 2.20 bits per heavy atom. The molecule has 0 N–H and O–H groups in total. The zero-order chi connectivity index (χ0) is 25.2. The Hall–Kier alpha value is -3.46. The van der Waals surface area contributed by atoms with E-state index < -0.39 is 15.4 Å². The van der Waals surface area contributed by atoms with Gasteiger partial charge in [-0.3, -0.25) is 9.78 Å². The SMILES string of the molecule is CC(C)(C)OC(=O)N1CCN(C(=O)c2ccc(CS(=O)(=O)c3cccc4cccnc34)cc2)CC1.